The second kappa shape index (κ2) is 12.9. The molecule has 6 nitrogen and oxygen atoms in total. The Morgan fingerprint density at radius 2 is 1.69 bits per heavy atom. The second-order valence-corrected chi connectivity index (χ2v) is 7.32. The molecule has 0 atom stereocenters. The summed E-state index contributed by atoms with van der Waals surface area (Å²) in [7, 11) is 0. The van der Waals surface area contributed by atoms with Crippen LogP contribution in [0.5, 0.6) is 5.75 Å². The van der Waals surface area contributed by atoms with Crippen molar-refractivity contribution in [2.45, 2.75) is 38.5 Å². The highest BCUT2D eigenvalue weighted by Crippen LogP contribution is 2.27. The van der Waals surface area contributed by atoms with E-state index in [9.17, 15) is 0 Å². The average molecular weight is 451 g/mol. The molecule has 1 fully saturated rings. The van der Waals surface area contributed by atoms with Crippen LogP contribution in [0.4, 0.5) is 0 Å². The molecule has 1 aromatic carbocycles. The third-order valence-electron chi connectivity index (χ3n) is 3.90. The molecule has 0 aliphatic carbocycles. The Kier molecular flexibility index (Phi) is 11.3. The summed E-state index contributed by atoms with van der Waals surface area (Å²) in [6.45, 7) is 4.51. The van der Waals surface area contributed by atoms with E-state index in [0.29, 0.717) is 5.02 Å². The standard InChI is InChI=1S/C16H23BrClNO.C2H2O4/c17-14-7-8-16(15(18)13-14)20-12-6-5-11-19-9-3-1-2-4-10-19;3-1(4)2(5)6/h7-8,13H,1-6,9-12H2;(H,3,4)(H,5,6). The number of halogens is 2. The first-order valence-corrected chi connectivity index (χ1v) is 9.83. The Bertz CT molecular complexity index is 565. The van der Waals surface area contributed by atoms with E-state index in [2.05, 4.69) is 20.8 Å². The lowest BCUT2D eigenvalue weighted by molar-refractivity contribution is -0.159. The Morgan fingerprint density at radius 3 is 2.23 bits per heavy atom. The third-order valence-corrected chi connectivity index (χ3v) is 4.69. The van der Waals surface area contributed by atoms with Gasteiger partial charge < -0.3 is 19.8 Å². The van der Waals surface area contributed by atoms with Crippen molar-refractivity contribution < 1.29 is 24.5 Å². The van der Waals surface area contributed by atoms with Crippen LogP contribution in [0.15, 0.2) is 22.7 Å². The van der Waals surface area contributed by atoms with Crippen LogP contribution in [0.25, 0.3) is 0 Å². The molecule has 0 amide bonds. The van der Waals surface area contributed by atoms with E-state index >= 15 is 0 Å². The predicted octanol–water partition coefficient (Wildman–Crippen LogP) is 4.29. The maximum Gasteiger partial charge on any atom is 0.414 e. The molecule has 146 valence electrons. The van der Waals surface area contributed by atoms with Gasteiger partial charge in [0.2, 0.25) is 0 Å². The molecule has 1 aliphatic rings. The highest BCUT2D eigenvalue weighted by molar-refractivity contribution is 9.10. The zero-order valence-electron chi connectivity index (χ0n) is 14.6. The van der Waals surface area contributed by atoms with E-state index < -0.39 is 11.9 Å². The first-order chi connectivity index (χ1) is 12.4. The molecule has 0 radical (unpaired) electrons. The van der Waals surface area contributed by atoms with Gasteiger partial charge in [0, 0.05) is 4.47 Å². The lowest BCUT2D eigenvalue weighted by Crippen LogP contribution is -2.25. The Balaban J connectivity index is 0.000000487. The summed E-state index contributed by atoms with van der Waals surface area (Å²) in [4.78, 5) is 20.8. The zero-order chi connectivity index (χ0) is 19.4. The number of carboxylic acids is 2. The van der Waals surface area contributed by atoms with E-state index in [1.54, 1.807) is 0 Å². The highest BCUT2D eigenvalue weighted by Gasteiger charge is 2.08. The maximum absolute atomic E-state index is 9.10. The molecule has 1 heterocycles. The number of hydrogen-bond acceptors (Lipinski definition) is 4. The largest absolute Gasteiger partial charge is 0.492 e. The fourth-order valence-electron chi connectivity index (χ4n) is 2.57. The molecular formula is C18H25BrClNO5. The number of rotatable bonds is 6. The lowest BCUT2D eigenvalue weighted by Gasteiger charge is -2.19. The van der Waals surface area contributed by atoms with Crippen LogP contribution < -0.4 is 4.74 Å². The van der Waals surface area contributed by atoms with Gasteiger partial charge in [-0.25, -0.2) is 9.59 Å². The van der Waals surface area contributed by atoms with Crippen LogP contribution in [-0.2, 0) is 9.59 Å². The second-order valence-electron chi connectivity index (χ2n) is 6.00. The molecule has 2 N–H and O–H groups in total. The minimum Gasteiger partial charge on any atom is -0.492 e. The molecule has 2 rings (SSSR count). The molecule has 0 unspecified atom stereocenters. The monoisotopic (exact) mass is 449 g/mol. The van der Waals surface area contributed by atoms with Crippen molar-refractivity contribution in [1.82, 2.24) is 4.90 Å². The molecule has 0 bridgehead atoms. The van der Waals surface area contributed by atoms with Crippen LogP contribution >= 0.6 is 27.5 Å². The number of benzene rings is 1. The zero-order valence-corrected chi connectivity index (χ0v) is 17.0. The number of nitrogens with zero attached hydrogens (tertiary/aromatic N) is 1. The third kappa shape index (κ3) is 9.99. The first-order valence-electron chi connectivity index (χ1n) is 8.66. The van der Waals surface area contributed by atoms with Crippen LogP contribution in [-0.4, -0.2) is 53.3 Å². The fraction of sp³-hybridized carbons (Fsp3) is 0.556. The maximum atomic E-state index is 9.10. The number of hydrogen-bond donors (Lipinski definition) is 2. The molecule has 1 aromatic rings. The van der Waals surface area contributed by atoms with Gasteiger partial charge in [-0.05, 0) is 63.5 Å². The summed E-state index contributed by atoms with van der Waals surface area (Å²) < 4.78 is 6.72. The van der Waals surface area contributed by atoms with Crippen molar-refractivity contribution in [3.63, 3.8) is 0 Å². The summed E-state index contributed by atoms with van der Waals surface area (Å²) in [5.41, 5.74) is 0. The minimum atomic E-state index is -1.82. The van der Waals surface area contributed by atoms with Crippen LogP contribution in [0.1, 0.15) is 38.5 Å². The van der Waals surface area contributed by atoms with Crippen molar-refractivity contribution in [1.29, 1.82) is 0 Å². The van der Waals surface area contributed by atoms with Gasteiger partial charge in [0.25, 0.3) is 0 Å². The number of ether oxygens (including phenoxy) is 1. The number of carboxylic acid groups (broad SMARTS) is 2. The number of carbonyl (C=O) groups is 2. The van der Waals surface area contributed by atoms with E-state index in [1.165, 1.54) is 51.7 Å². The van der Waals surface area contributed by atoms with Crippen molar-refractivity contribution in [3.05, 3.63) is 27.7 Å². The van der Waals surface area contributed by atoms with Gasteiger partial charge in [-0.3, -0.25) is 0 Å². The number of unbranched alkanes of at least 4 members (excludes halogenated alkanes) is 1. The normalized spacial score (nSPS) is 14.7. The lowest BCUT2D eigenvalue weighted by atomic mass is 10.2. The van der Waals surface area contributed by atoms with E-state index in [4.69, 9.17) is 36.1 Å². The molecule has 0 saturated carbocycles. The predicted molar refractivity (Wildman–Crippen MR) is 104 cm³/mol. The van der Waals surface area contributed by atoms with Gasteiger partial charge in [-0.2, -0.15) is 0 Å². The van der Waals surface area contributed by atoms with Gasteiger partial charge in [-0.15, -0.1) is 0 Å². The molecule has 1 aliphatic heterocycles. The fourth-order valence-corrected chi connectivity index (χ4v) is 3.30. The van der Waals surface area contributed by atoms with Crippen LogP contribution in [0.3, 0.4) is 0 Å². The van der Waals surface area contributed by atoms with Gasteiger partial charge >= 0.3 is 11.9 Å². The summed E-state index contributed by atoms with van der Waals surface area (Å²) in [6, 6.07) is 5.74. The van der Waals surface area contributed by atoms with E-state index in [1.807, 2.05) is 18.2 Å². The molecule has 0 aromatic heterocycles. The SMILES string of the molecule is Clc1cc(Br)ccc1OCCCCN1CCCCCC1.O=C(O)C(=O)O. The van der Waals surface area contributed by atoms with Crippen LogP contribution in [0, 0.1) is 0 Å². The summed E-state index contributed by atoms with van der Waals surface area (Å²) in [6.07, 6.45) is 7.83. The summed E-state index contributed by atoms with van der Waals surface area (Å²) >= 11 is 9.51. The van der Waals surface area contributed by atoms with Crippen molar-refractivity contribution >= 4 is 39.5 Å². The van der Waals surface area contributed by atoms with E-state index in [-0.39, 0.29) is 0 Å². The topological polar surface area (TPSA) is 87.1 Å². The highest BCUT2D eigenvalue weighted by atomic mass is 79.9. The Hall–Kier alpha value is -1.31. The molecule has 0 spiro atoms. The van der Waals surface area contributed by atoms with Gasteiger partial charge in [-0.1, -0.05) is 40.4 Å². The molecule has 26 heavy (non-hydrogen) atoms. The Morgan fingerprint density at radius 1 is 1.08 bits per heavy atom. The number of likely N-dealkylation sites (tertiary alicyclic amines) is 1. The molecule has 8 heteroatoms. The van der Waals surface area contributed by atoms with Crippen molar-refractivity contribution in [2.75, 3.05) is 26.2 Å². The average Bonchev–Trinajstić information content (AvgIpc) is 2.85. The quantitative estimate of drug-likeness (QED) is 0.496. The van der Waals surface area contributed by atoms with Gasteiger partial charge in [0.15, 0.2) is 0 Å². The smallest absolute Gasteiger partial charge is 0.414 e. The van der Waals surface area contributed by atoms with Gasteiger partial charge in [0.1, 0.15) is 5.75 Å². The first kappa shape index (κ1) is 22.7. The van der Waals surface area contributed by atoms with Gasteiger partial charge in [0.05, 0.1) is 11.6 Å². The van der Waals surface area contributed by atoms with E-state index in [0.717, 1.165) is 23.2 Å². The molecular weight excluding hydrogens is 426 g/mol. The van der Waals surface area contributed by atoms with Crippen molar-refractivity contribution in [2.24, 2.45) is 0 Å². The van der Waals surface area contributed by atoms with Crippen molar-refractivity contribution in [3.8, 4) is 5.75 Å². The Labute approximate surface area is 167 Å². The summed E-state index contributed by atoms with van der Waals surface area (Å²) in [5, 5.41) is 15.5. The molecule has 1 saturated heterocycles. The van der Waals surface area contributed by atoms with Crippen LogP contribution in [0.2, 0.25) is 5.02 Å². The number of aliphatic carboxylic acids is 2. The summed E-state index contributed by atoms with van der Waals surface area (Å²) in [5.74, 6) is -2.87. The minimum absolute atomic E-state index is 0.673.